The van der Waals surface area contributed by atoms with Gasteiger partial charge in [0.05, 0.1) is 0 Å². The second kappa shape index (κ2) is 5.32. The van der Waals surface area contributed by atoms with Crippen LogP contribution in [0.4, 0.5) is 4.79 Å². The van der Waals surface area contributed by atoms with Crippen molar-refractivity contribution in [2.24, 2.45) is 12.9 Å². The number of fused-ring (bicyclic) bond motifs is 1. The van der Waals surface area contributed by atoms with Crippen molar-refractivity contribution in [1.29, 1.82) is 0 Å². The molecule has 1 heterocycles. The molecule has 0 saturated heterocycles. The zero-order chi connectivity index (χ0) is 14.0. The first-order valence-electron chi connectivity index (χ1n) is 6.29. The van der Waals surface area contributed by atoms with Crippen molar-refractivity contribution in [2.75, 3.05) is 0 Å². The first kappa shape index (κ1) is 13.4. The van der Waals surface area contributed by atoms with E-state index in [0.717, 1.165) is 5.56 Å². The minimum atomic E-state index is -0.614. The van der Waals surface area contributed by atoms with Crippen LogP contribution >= 0.6 is 0 Å². The van der Waals surface area contributed by atoms with E-state index in [0.29, 0.717) is 6.42 Å². The highest BCUT2D eigenvalue weighted by Gasteiger charge is 2.15. The average molecular weight is 261 g/mol. The maximum atomic E-state index is 11.2. The normalized spacial score (nSPS) is 12.4. The third-order valence-electron chi connectivity index (χ3n) is 3.32. The predicted octanol–water partition coefficient (Wildman–Crippen LogP) is 2.54. The van der Waals surface area contributed by atoms with Gasteiger partial charge in [-0.1, -0.05) is 13.0 Å². The molecule has 3 N–H and O–H groups in total. The van der Waals surface area contributed by atoms with Crippen LogP contribution in [0.5, 0.6) is 0 Å². The Labute approximate surface area is 112 Å². The summed E-state index contributed by atoms with van der Waals surface area (Å²) >= 11 is 0. The van der Waals surface area contributed by atoms with Crippen molar-refractivity contribution in [2.45, 2.75) is 26.4 Å². The second-order valence-corrected chi connectivity index (χ2v) is 4.65. The van der Waals surface area contributed by atoms with E-state index in [1.807, 2.05) is 31.5 Å². The average Bonchev–Trinajstić information content (AvgIpc) is 2.70. The van der Waals surface area contributed by atoms with E-state index in [1.165, 1.54) is 16.5 Å². The van der Waals surface area contributed by atoms with Gasteiger partial charge < -0.3 is 9.30 Å². The number of carbonyl (C=O) groups excluding carboxylic acids is 1. The van der Waals surface area contributed by atoms with E-state index < -0.39 is 6.09 Å². The summed E-state index contributed by atoms with van der Waals surface area (Å²) in [6.07, 6.45) is 1.89. The fourth-order valence-corrected chi connectivity index (χ4v) is 2.36. The van der Waals surface area contributed by atoms with Crippen LogP contribution in [0, 0.1) is 6.92 Å². The minimum Gasteiger partial charge on any atom is -0.440 e. The fraction of sp³-hybridized carbons (Fsp3) is 0.357. The first-order valence-corrected chi connectivity index (χ1v) is 6.29. The van der Waals surface area contributed by atoms with Gasteiger partial charge in [0.15, 0.2) is 0 Å². The first-order chi connectivity index (χ1) is 9.06. The number of carbonyl (C=O) groups is 1. The highest BCUT2D eigenvalue weighted by Crippen LogP contribution is 2.27. The molecular formula is C14H19N3O2. The molecule has 2 rings (SSSR count). The Morgan fingerprint density at radius 3 is 2.89 bits per heavy atom. The molecule has 0 aliphatic heterocycles. The molecule has 0 radical (unpaired) electrons. The number of amides is 1. The maximum absolute atomic E-state index is 11.2. The number of ether oxygens (including phenoxy) is 1. The lowest BCUT2D eigenvalue weighted by Gasteiger charge is -2.16. The van der Waals surface area contributed by atoms with E-state index in [-0.39, 0.29) is 6.10 Å². The molecule has 5 nitrogen and oxygen atoms in total. The van der Waals surface area contributed by atoms with Gasteiger partial charge in [0, 0.05) is 24.1 Å². The molecule has 0 bridgehead atoms. The molecule has 0 spiro atoms. The maximum Gasteiger partial charge on any atom is 0.422 e. The van der Waals surface area contributed by atoms with Gasteiger partial charge in [-0.05, 0) is 36.6 Å². The third-order valence-corrected chi connectivity index (χ3v) is 3.32. The summed E-state index contributed by atoms with van der Waals surface area (Å²) in [5.74, 6) is 5.04. The van der Waals surface area contributed by atoms with Crippen LogP contribution in [0.25, 0.3) is 10.9 Å². The Kier molecular flexibility index (Phi) is 3.76. The Morgan fingerprint density at radius 2 is 2.26 bits per heavy atom. The van der Waals surface area contributed by atoms with Crippen molar-refractivity contribution < 1.29 is 9.53 Å². The van der Waals surface area contributed by atoms with E-state index in [9.17, 15) is 4.79 Å². The number of rotatable bonds is 3. The Morgan fingerprint density at radius 1 is 1.53 bits per heavy atom. The highest BCUT2D eigenvalue weighted by molar-refractivity contribution is 5.84. The monoisotopic (exact) mass is 261 g/mol. The molecule has 1 amide bonds. The molecule has 19 heavy (non-hydrogen) atoms. The van der Waals surface area contributed by atoms with Crippen LogP contribution in [-0.2, 0) is 11.8 Å². The van der Waals surface area contributed by atoms with Gasteiger partial charge in [0.2, 0.25) is 0 Å². The Balaban J connectivity index is 2.38. The second-order valence-electron chi connectivity index (χ2n) is 4.65. The van der Waals surface area contributed by atoms with Crippen molar-refractivity contribution in [3.8, 4) is 0 Å². The lowest BCUT2D eigenvalue weighted by atomic mass is 10.0. The molecule has 0 aliphatic carbocycles. The molecule has 1 atom stereocenters. The summed E-state index contributed by atoms with van der Waals surface area (Å²) < 4.78 is 7.33. The summed E-state index contributed by atoms with van der Waals surface area (Å²) in [4.78, 5) is 11.2. The molecule has 0 fully saturated rings. The lowest BCUT2D eigenvalue weighted by molar-refractivity contribution is 0.0953. The van der Waals surface area contributed by atoms with Crippen LogP contribution in [0.1, 0.15) is 30.6 Å². The number of nitrogens with one attached hydrogen (secondary N) is 1. The summed E-state index contributed by atoms with van der Waals surface area (Å²) in [5, 5.41) is 1.18. The van der Waals surface area contributed by atoms with Gasteiger partial charge in [-0.3, -0.25) is 5.43 Å². The van der Waals surface area contributed by atoms with Crippen molar-refractivity contribution in [1.82, 2.24) is 9.99 Å². The fourth-order valence-electron chi connectivity index (χ4n) is 2.36. The number of hydrogen-bond donors (Lipinski definition) is 2. The number of hydrogen-bond acceptors (Lipinski definition) is 3. The van der Waals surface area contributed by atoms with Gasteiger partial charge in [-0.25, -0.2) is 10.6 Å². The number of nitrogens with zero attached hydrogens (tertiary/aromatic N) is 1. The van der Waals surface area contributed by atoms with E-state index in [2.05, 4.69) is 23.8 Å². The summed E-state index contributed by atoms with van der Waals surface area (Å²) in [6.45, 7) is 4.04. The smallest absolute Gasteiger partial charge is 0.422 e. The van der Waals surface area contributed by atoms with Gasteiger partial charge in [0.1, 0.15) is 6.10 Å². The van der Waals surface area contributed by atoms with Gasteiger partial charge in [0.25, 0.3) is 0 Å². The summed E-state index contributed by atoms with van der Waals surface area (Å²) in [7, 11) is 2.02. The van der Waals surface area contributed by atoms with Crippen molar-refractivity contribution in [3.05, 3.63) is 35.5 Å². The molecule has 1 unspecified atom stereocenters. The number of benzene rings is 1. The quantitative estimate of drug-likeness (QED) is 0.507. The topological polar surface area (TPSA) is 69.3 Å². The number of nitrogens with two attached hydrogens (primary N) is 1. The van der Waals surface area contributed by atoms with Crippen molar-refractivity contribution in [3.63, 3.8) is 0 Å². The van der Waals surface area contributed by atoms with E-state index >= 15 is 0 Å². The molecular weight excluding hydrogens is 242 g/mol. The van der Waals surface area contributed by atoms with Gasteiger partial charge >= 0.3 is 6.09 Å². The SMILES string of the molecule is CCC(OC(=O)NN)c1ccc2c(c1)c(C)cn2C. The number of aryl methyl sites for hydroxylation is 2. The standard InChI is InChI=1S/C14H19N3O2/c1-4-13(19-14(18)16-15)10-5-6-12-11(7-10)9(2)8-17(12)3/h5-8,13H,4,15H2,1-3H3,(H,16,18). The molecule has 1 aromatic heterocycles. The molecule has 2 aromatic rings. The van der Waals surface area contributed by atoms with Crippen LogP contribution in [-0.4, -0.2) is 10.7 Å². The number of hydrazine groups is 1. The third kappa shape index (κ3) is 2.56. The van der Waals surface area contributed by atoms with Crippen LogP contribution in [0.3, 0.4) is 0 Å². The number of aromatic nitrogens is 1. The molecule has 1 aromatic carbocycles. The van der Waals surface area contributed by atoms with Gasteiger partial charge in [-0.2, -0.15) is 0 Å². The molecule has 0 saturated carbocycles. The predicted molar refractivity (Wildman–Crippen MR) is 74.5 cm³/mol. The summed E-state index contributed by atoms with van der Waals surface area (Å²) in [6, 6.07) is 6.10. The zero-order valence-electron chi connectivity index (χ0n) is 11.4. The largest absolute Gasteiger partial charge is 0.440 e. The van der Waals surface area contributed by atoms with Crippen LogP contribution in [0.15, 0.2) is 24.4 Å². The molecule has 102 valence electrons. The van der Waals surface area contributed by atoms with E-state index in [4.69, 9.17) is 10.6 Å². The Bertz CT molecular complexity index is 604. The highest BCUT2D eigenvalue weighted by atomic mass is 16.6. The zero-order valence-corrected chi connectivity index (χ0v) is 11.4. The lowest BCUT2D eigenvalue weighted by Crippen LogP contribution is -2.31. The summed E-state index contributed by atoms with van der Waals surface area (Å²) in [5.41, 5.74) is 5.34. The van der Waals surface area contributed by atoms with Crippen LogP contribution < -0.4 is 11.3 Å². The van der Waals surface area contributed by atoms with Crippen LogP contribution in [0.2, 0.25) is 0 Å². The molecule has 5 heteroatoms. The minimum absolute atomic E-state index is 0.285. The van der Waals surface area contributed by atoms with Gasteiger partial charge in [-0.15, -0.1) is 0 Å². The van der Waals surface area contributed by atoms with Crippen molar-refractivity contribution >= 4 is 17.0 Å². The Hall–Kier alpha value is -2.01. The molecule has 0 aliphatic rings. The van der Waals surface area contributed by atoms with E-state index in [1.54, 1.807) is 0 Å².